The van der Waals surface area contributed by atoms with Crippen molar-refractivity contribution in [1.82, 2.24) is 4.90 Å². The van der Waals surface area contributed by atoms with Gasteiger partial charge in [-0.1, -0.05) is 18.9 Å². The molecule has 0 aromatic rings. The molecule has 0 unspecified atom stereocenters. The van der Waals surface area contributed by atoms with E-state index in [1.165, 1.54) is 38.9 Å². The van der Waals surface area contributed by atoms with E-state index < -0.39 is 5.97 Å². The number of allylic oxidation sites excluding steroid dienone is 1. The molecule has 0 aliphatic carbocycles. The number of carbonyl (C=O) groups is 1. The van der Waals surface area contributed by atoms with Crippen molar-refractivity contribution in [3.05, 3.63) is 11.6 Å². The van der Waals surface area contributed by atoms with E-state index in [1.54, 1.807) is 6.92 Å². The van der Waals surface area contributed by atoms with E-state index in [2.05, 4.69) is 4.90 Å². The lowest BCUT2D eigenvalue weighted by Crippen LogP contribution is -1.98. The van der Waals surface area contributed by atoms with E-state index >= 15 is 0 Å². The fourth-order valence-electron chi connectivity index (χ4n) is 1.53. The molecule has 3 heteroatoms. The average Bonchev–Trinajstić information content (AvgIpc) is 2.99. The van der Waals surface area contributed by atoms with Gasteiger partial charge in [-0.25, -0.2) is 4.79 Å². The van der Waals surface area contributed by atoms with Crippen molar-refractivity contribution < 1.29 is 9.90 Å². The van der Waals surface area contributed by atoms with Gasteiger partial charge in [0.2, 0.25) is 0 Å². The molecule has 15 heavy (non-hydrogen) atoms. The summed E-state index contributed by atoms with van der Waals surface area (Å²) >= 11 is 0. The molecule has 1 aliphatic heterocycles. The van der Waals surface area contributed by atoms with Crippen LogP contribution in [-0.2, 0) is 4.79 Å². The second-order valence-corrected chi connectivity index (χ2v) is 4.24. The molecule has 3 nitrogen and oxygen atoms in total. The van der Waals surface area contributed by atoms with Crippen molar-refractivity contribution in [2.24, 2.45) is 0 Å². The maximum absolute atomic E-state index is 10.5. The van der Waals surface area contributed by atoms with E-state index in [0.717, 1.165) is 12.8 Å². The largest absolute Gasteiger partial charge is 0.478 e. The Kier molecular flexibility index (Phi) is 5.40. The molecule has 0 spiro atoms. The molecule has 1 rings (SSSR count). The van der Waals surface area contributed by atoms with Crippen LogP contribution in [0, 0.1) is 0 Å². The second-order valence-electron chi connectivity index (χ2n) is 4.24. The molecule has 0 aromatic carbocycles. The Bertz CT molecular complexity index is 232. The minimum atomic E-state index is -0.795. The van der Waals surface area contributed by atoms with Gasteiger partial charge in [0, 0.05) is 18.7 Å². The molecule has 1 heterocycles. The number of hydrogen-bond acceptors (Lipinski definition) is 2. The molecule has 1 N–H and O–H groups in total. The van der Waals surface area contributed by atoms with E-state index in [1.807, 2.05) is 6.08 Å². The molecule has 0 atom stereocenters. The highest BCUT2D eigenvalue weighted by atomic mass is 16.4. The molecular formula is C12H21NO2. The fourth-order valence-corrected chi connectivity index (χ4v) is 1.53. The summed E-state index contributed by atoms with van der Waals surface area (Å²) in [4.78, 5) is 12.9. The van der Waals surface area contributed by atoms with Crippen molar-refractivity contribution in [2.75, 3.05) is 19.6 Å². The first kappa shape index (κ1) is 12.2. The molecule has 86 valence electrons. The van der Waals surface area contributed by atoms with E-state index in [-0.39, 0.29) is 0 Å². The zero-order chi connectivity index (χ0) is 11.1. The number of carboxylic acids is 1. The Morgan fingerprint density at radius 2 is 1.93 bits per heavy atom. The fraction of sp³-hybridized carbons (Fsp3) is 0.750. The average molecular weight is 211 g/mol. The Morgan fingerprint density at radius 1 is 1.27 bits per heavy atom. The molecule has 0 radical (unpaired) electrons. The number of unbranched alkanes of at least 4 members (excludes halogenated alkanes) is 4. The predicted octanol–water partition coefficient (Wildman–Crippen LogP) is 2.28. The van der Waals surface area contributed by atoms with Gasteiger partial charge in [0.25, 0.3) is 0 Å². The van der Waals surface area contributed by atoms with Crippen LogP contribution in [0.5, 0.6) is 0 Å². The molecule has 1 saturated heterocycles. The third-order valence-electron chi connectivity index (χ3n) is 2.76. The summed E-state index contributed by atoms with van der Waals surface area (Å²) in [6.07, 6.45) is 7.63. The summed E-state index contributed by atoms with van der Waals surface area (Å²) in [6.45, 7) is 5.49. The van der Waals surface area contributed by atoms with Crippen molar-refractivity contribution in [3.8, 4) is 0 Å². The number of hydrogen-bond donors (Lipinski definition) is 1. The van der Waals surface area contributed by atoms with Crippen LogP contribution in [0.1, 0.15) is 39.0 Å². The first-order valence-electron chi connectivity index (χ1n) is 5.82. The highest BCUT2D eigenvalue weighted by Gasteiger charge is 2.14. The normalized spacial score (nSPS) is 16.7. The molecular weight excluding hydrogens is 190 g/mol. The summed E-state index contributed by atoms with van der Waals surface area (Å²) < 4.78 is 0. The first-order chi connectivity index (χ1) is 7.20. The van der Waals surface area contributed by atoms with Gasteiger partial charge < -0.3 is 10.0 Å². The highest BCUT2D eigenvalue weighted by molar-refractivity contribution is 5.85. The third-order valence-corrected chi connectivity index (χ3v) is 2.76. The van der Waals surface area contributed by atoms with Crippen LogP contribution in [-0.4, -0.2) is 35.6 Å². The SMILES string of the molecule is CC(=CCCCCCCN1CC1)C(=O)O. The number of carboxylic acid groups (broad SMARTS) is 1. The zero-order valence-electron chi connectivity index (χ0n) is 9.54. The molecule has 0 amide bonds. The number of nitrogens with zero attached hydrogens (tertiary/aromatic N) is 1. The molecule has 0 saturated carbocycles. The third kappa shape index (κ3) is 6.28. The standard InChI is InChI=1S/C12H21NO2/c1-11(12(14)15)7-5-3-2-4-6-8-13-9-10-13/h7H,2-6,8-10H2,1H3,(H,14,15). The van der Waals surface area contributed by atoms with Crippen LogP contribution in [0.15, 0.2) is 11.6 Å². The monoisotopic (exact) mass is 211 g/mol. The number of aliphatic carboxylic acids is 1. The van der Waals surface area contributed by atoms with Gasteiger partial charge in [0.1, 0.15) is 0 Å². The summed E-state index contributed by atoms with van der Waals surface area (Å²) in [5, 5.41) is 8.62. The van der Waals surface area contributed by atoms with Crippen LogP contribution >= 0.6 is 0 Å². The summed E-state index contributed by atoms with van der Waals surface area (Å²) in [6, 6.07) is 0. The van der Waals surface area contributed by atoms with Crippen molar-refractivity contribution in [3.63, 3.8) is 0 Å². The Morgan fingerprint density at radius 3 is 2.53 bits per heavy atom. The lowest BCUT2D eigenvalue weighted by Gasteiger charge is -2.00. The quantitative estimate of drug-likeness (QED) is 0.380. The Balaban J connectivity index is 1.87. The highest BCUT2D eigenvalue weighted by Crippen LogP contribution is 2.09. The van der Waals surface area contributed by atoms with Crippen LogP contribution in [0.4, 0.5) is 0 Å². The maximum Gasteiger partial charge on any atom is 0.330 e. The molecule has 0 aromatic heterocycles. The van der Waals surface area contributed by atoms with E-state index in [9.17, 15) is 4.79 Å². The van der Waals surface area contributed by atoms with E-state index in [0.29, 0.717) is 5.57 Å². The topological polar surface area (TPSA) is 40.3 Å². The second kappa shape index (κ2) is 6.62. The van der Waals surface area contributed by atoms with Crippen LogP contribution in [0.2, 0.25) is 0 Å². The van der Waals surface area contributed by atoms with Gasteiger partial charge in [-0.05, 0) is 32.7 Å². The van der Waals surface area contributed by atoms with Gasteiger partial charge in [0.05, 0.1) is 0 Å². The maximum atomic E-state index is 10.5. The summed E-state index contributed by atoms with van der Waals surface area (Å²) in [5.74, 6) is -0.795. The van der Waals surface area contributed by atoms with Crippen LogP contribution in [0.25, 0.3) is 0 Å². The van der Waals surface area contributed by atoms with Gasteiger partial charge in [0.15, 0.2) is 0 Å². The van der Waals surface area contributed by atoms with Crippen LogP contribution in [0.3, 0.4) is 0 Å². The minimum absolute atomic E-state index is 0.471. The van der Waals surface area contributed by atoms with Gasteiger partial charge in [-0.3, -0.25) is 0 Å². The first-order valence-corrected chi connectivity index (χ1v) is 5.82. The summed E-state index contributed by atoms with van der Waals surface area (Å²) in [5.41, 5.74) is 0.471. The van der Waals surface area contributed by atoms with Gasteiger partial charge in [-0.15, -0.1) is 0 Å². The lowest BCUT2D eigenvalue weighted by molar-refractivity contribution is -0.132. The lowest BCUT2D eigenvalue weighted by atomic mass is 10.1. The van der Waals surface area contributed by atoms with E-state index in [4.69, 9.17) is 5.11 Å². The molecule has 1 fully saturated rings. The van der Waals surface area contributed by atoms with Gasteiger partial charge >= 0.3 is 5.97 Å². The van der Waals surface area contributed by atoms with Crippen molar-refractivity contribution in [1.29, 1.82) is 0 Å². The van der Waals surface area contributed by atoms with Crippen LogP contribution < -0.4 is 0 Å². The predicted molar refractivity (Wildman–Crippen MR) is 60.9 cm³/mol. The van der Waals surface area contributed by atoms with Crippen molar-refractivity contribution in [2.45, 2.75) is 39.0 Å². The Hall–Kier alpha value is -0.830. The molecule has 1 aliphatic rings. The van der Waals surface area contributed by atoms with Crippen molar-refractivity contribution >= 4 is 5.97 Å². The minimum Gasteiger partial charge on any atom is -0.478 e. The zero-order valence-corrected chi connectivity index (χ0v) is 9.54. The number of rotatable bonds is 8. The van der Waals surface area contributed by atoms with Gasteiger partial charge in [-0.2, -0.15) is 0 Å². The summed E-state index contributed by atoms with van der Waals surface area (Å²) in [7, 11) is 0. The Labute approximate surface area is 91.8 Å². The molecule has 0 bridgehead atoms. The smallest absolute Gasteiger partial charge is 0.330 e.